The molecule has 100 valence electrons. The highest BCUT2D eigenvalue weighted by Crippen LogP contribution is 2.21. The van der Waals surface area contributed by atoms with Crippen molar-refractivity contribution < 1.29 is 14.3 Å². The van der Waals surface area contributed by atoms with E-state index in [1.807, 2.05) is 6.07 Å². The normalized spacial score (nSPS) is 9.85. The van der Waals surface area contributed by atoms with Crippen molar-refractivity contribution in [3.63, 3.8) is 0 Å². The number of ketones is 1. The molecule has 0 N–H and O–H groups in total. The number of hydrogen-bond acceptors (Lipinski definition) is 3. The van der Waals surface area contributed by atoms with E-state index >= 15 is 0 Å². The highest BCUT2D eigenvalue weighted by molar-refractivity contribution is 6.20. The standard InChI is InChI=1S/C17H14O3/c1-12(17(19)20-2)14-10-6-7-11-15(14)16(18)13-8-4-3-5-9-13/h3-11H,1H2,2H3. The van der Waals surface area contributed by atoms with E-state index in [2.05, 4.69) is 11.3 Å². The Kier molecular flexibility index (Phi) is 4.11. The molecule has 0 aliphatic carbocycles. The average molecular weight is 266 g/mol. The minimum absolute atomic E-state index is 0.147. The van der Waals surface area contributed by atoms with Crippen molar-refractivity contribution >= 4 is 17.3 Å². The quantitative estimate of drug-likeness (QED) is 0.485. The van der Waals surface area contributed by atoms with E-state index in [4.69, 9.17) is 0 Å². The summed E-state index contributed by atoms with van der Waals surface area (Å²) >= 11 is 0. The SMILES string of the molecule is C=C(C(=O)OC)c1ccccc1C(=O)c1ccccc1. The van der Waals surface area contributed by atoms with Crippen molar-refractivity contribution in [3.8, 4) is 0 Å². The summed E-state index contributed by atoms with van der Waals surface area (Å²) in [7, 11) is 1.29. The minimum atomic E-state index is -0.543. The average Bonchev–Trinajstić information content (AvgIpc) is 2.53. The number of esters is 1. The van der Waals surface area contributed by atoms with Crippen LogP contribution >= 0.6 is 0 Å². The first kappa shape index (κ1) is 13.7. The second-order valence-corrected chi connectivity index (χ2v) is 4.21. The van der Waals surface area contributed by atoms with Crippen LogP contribution < -0.4 is 0 Å². The van der Waals surface area contributed by atoms with Crippen molar-refractivity contribution in [2.45, 2.75) is 0 Å². The van der Waals surface area contributed by atoms with E-state index in [-0.39, 0.29) is 11.4 Å². The molecule has 3 heteroatoms. The van der Waals surface area contributed by atoms with Crippen LogP contribution in [0, 0.1) is 0 Å². The lowest BCUT2D eigenvalue weighted by Gasteiger charge is -2.09. The van der Waals surface area contributed by atoms with Gasteiger partial charge in [0.05, 0.1) is 12.7 Å². The van der Waals surface area contributed by atoms with Gasteiger partial charge in [-0.25, -0.2) is 4.79 Å². The zero-order chi connectivity index (χ0) is 14.5. The van der Waals surface area contributed by atoms with Gasteiger partial charge in [-0.15, -0.1) is 0 Å². The van der Waals surface area contributed by atoms with Crippen LogP contribution in [0.5, 0.6) is 0 Å². The second kappa shape index (κ2) is 5.97. The van der Waals surface area contributed by atoms with E-state index in [9.17, 15) is 9.59 Å². The molecule has 0 unspecified atom stereocenters. The maximum Gasteiger partial charge on any atom is 0.337 e. The maximum atomic E-state index is 12.5. The lowest BCUT2D eigenvalue weighted by Crippen LogP contribution is -2.09. The highest BCUT2D eigenvalue weighted by atomic mass is 16.5. The van der Waals surface area contributed by atoms with Crippen LogP contribution in [-0.4, -0.2) is 18.9 Å². The van der Waals surface area contributed by atoms with Crippen LogP contribution in [0.15, 0.2) is 61.2 Å². The van der Waals surface area contributed by atoms with Gasteiger partial charge in [-0.05, 0) is 5.56 Å². The van der Waals surface area contributed by atoms with Gasteiger partial charge in [-0.2, -0.15) is 0 Å². The topological polar surface area (TPSA) is 43.4 Å². The molecule has 2 rings (SSSR count). The fourth-order valence-electron chi connectivity index (χ4n) is 1.92. The number of carbonyl (C=O) groups is 2. The summed E-state index contributed by atoms with van der Waals surface area (Å²) < 4.78 is 4.66. The third kappa shape index (κ3) is 2.67. The van der Waals surface area contributed by atoms with Crippen molar-refractivity contribution in [2.75, 3.05) is 7.11 Å². The lowest BCUT2D eigenvalue weighted by atomic mass is 9.94. The smallest absolute Gasteiger partial charge is 0.337 e. The summed E-state index contributed by atoms with van der Waals surface area (Å²) in [5, 5.41) is 0. The van der Waals surface area contributed by atoms with E-state index in [1.165, 1.54) is 7.11 Å². The summed E-state index contributed by atoms with van der Waals surface area (Å²) in [5.74, 6) is -0.690. The van der Waals surface area contributed by atoms with Crippen LogP contribution in [-0.2, 0) is 9.53 Å². The zero-order valence-corrected chi connectivity index (χ0v) is 11.1. The monoisotopic (exact) mass is 266 g/mol. The van der Waals surface area contributed by atoms with E-state index in [0.29, 0.717) is 16.7 Å². The molecule has 0 heterocycles. The van der Waals surface area contributed by atoms with Crippen LogP contribution in [0.3, 0.4) is 0 Å². The number of ether oxygens (including phenoxy) is 1. The molecule has 0 saturated heterocycles. The Bertz CT molecular complexity index is 657. The zero-order valence-electron chi connectivity index (χ0n) is 11.1. The molecule has 0 aliphatic rings. The molecular formula is C17H14O3. The first-order chi connectivity index (χ1) is 9.65. The Labute approximate surface area is 117 Å². The summed E-state index contributed by atoms with van der Waals surface area (Å²) in [6.45, 7) is 3.71. The number of methoxy groups -OCH3 is 1. The van der Waals surface area contributed by atoms with Crippen molar-refractivity contribution in [3.05, 3.63) is 77.9 Å². The van der Waals surface area contributed by atoms with Crippen LogP contribution in [0.4, 0.5) is 0 Å². The Morgan fingerprint density at radius 2 is 1.45 bits per heavy atom. The molecule has 2 aromatic rings. The third-order valence-corrected chi connectivity index (χ3v) is 2.96. The van der Waals surface area contributed by atoms with Gasteiger partial charge in [-0.1, -0.05) is 61.2 Å². The maximum absolute atomic E-state index is 12.5. The van der Waals surface area contributed by atoms with Crippen LogP contribution in [0.1, 0.15) is 21.5 Å². The number of hydrogen-bond donors (Lipinski definition) is 0. The predicted molar refractivity (Wildman–Crippen MR) is 77.4 cm³/mol. The Hall–Kier alpha value is -2.68. The summed E-state index contributed by atoms with van der Waals surface area (Å²) in [6, 6.07) is 15.8. The van der Waals surface area contributed by atoms with Gasteiger partial charge in [0.25, 0.3) is 0 Å². The van der Waals surface area contributed by atoms with Gasteiger partial charge in [0.2, 0.25) is 0 Å². The third-order valence-electron chi connectivity index (χ3n) is 2.96. The number of rotatable bonds is 4. The van der Waals surface area contributed by atoms with E-state index < -0.39 is 5.97 Å². The molecule has 0 spiro atoms. The molecular weight excluding hydrogens is 252 g/mol. The fourth-order valence-corrected chi connectivity index (χ4v) is 1.92. The molecule has 0 saturated carbocycles. The van der Waals surface area contributed by atoms with Gasteiger partial charge in [-0.3, -0.25) is 4.79 Å². The molecule has 0 atom stereocenters. The largest absolute Gasteiger partial charge is 0.465 e. The van der Waals surface area contributed by atoms with E-state index in [1.54, 1.807) is 48.5 Å². The molecule has 0 fully saturated rings. The summed E-state index contributed by atoms with van der Waals surface area (Å²) in [6.07, 6.45) is 0. The molecule has 3 nitrogen and oxygen atoms in total. The number of benzene rings is 2. The predicted octanol–water partition coefficient (Wildman–Crippen LogP) is 3.10. The first-order valence-corrected chi connectivity index (χ1v) is 6.11. The highest BCUT2D eigenvalue weighted by Gasteiger charge is 2.18. The van der Waals surface area contributed by atoms with Gasteiger partial charge in [0.15, 0.2) is 5.78 Å². The van der Waals surface area contributed by atoms with Gasteiger partial charge in [0, 0.05) is 11.1 Å². The van der Waals surface area contributed by atoms with Crippen LogP contribution in [0.2, 0.25) is 0 Å². The van der Waals surface area contributed by atoms with Crippen molar-refractivity contribution in [1.82, 2.24) is 0 Å². The minimum Gasteiger partial charge on any atom is -0.465 e. The Morgan fingerprint density at radius 1 is 0.900 bits per heavy atom. The molecule has 0 aliphatic heterocycles. The summed E-state index contributed by atoms with van der Waals surface area (Å²) in [5.41, 5.74) is 1.67. The van der Waals surface area contributed by atoms with Gasteiger partial charge < -0.3 is 4.74 Å². The molecule has 2 aromatic carbocycles. The van der Waals surface area contributed by atoms with Crippen LogP contribution in [0.25, 0.3) is 5.57 Å². The van der Waals surface area contributed by atoms with Gasteiger partial charge >= 0.3 is 5.97 Å². The van der Waals surface area contributed by atoms with Crippen molar-refractivity contribution in [1.29, 1.82) is 0 Å². The molecule has 0 amide bonds. The van der Waals surface area contributed by atoms with Gasteiger partial charge in [0.1, 0.15) is 0 Å². The van der Waals surface area contributed by atoms with E-state index in [0.717, 1.165) is 0 Å². The molecule has 0 aromatic heterocycles. The second-order valence-electron chi connectivity index (χ2n) is 4.21. The fraction of sp³-hybridized carbons (Fsp3) is 0.0588. The molecule has 0 radical (unpaired) electrons. The Morgan fingerprint density at radius 3 is 2.05 bits per heavy atom. The molecule has 20 heavy (non-hydrogen) atoms. The van der Waals surface area contributed by atoms with Crippen molar-refractivity contribution in [2.24, 2.45) is 0 Å². The lowest BCUT2D eigenvalue weighted by molar-refractivity contribution is -0.133. The Balaban J connectivity index is 2.46. The first-order valence-electron chi connectivity index (χ1n) is 6.11. The molecule has 0 bridgehead atoms. The summed E-state index contributed by atoms with van der Waals surface area (Å²) in [4.78, 5) is 24.1. The number of carbonyl (C=O) groups excluding carboxylic acids is 2.